The van der Waals surface area contributed by atoms with Crippen LogP contribution in [0.4, 0.5) is 17.6 Å². The van der Waals surface area contributed by atoms with Gasteiger partial charge >= 0.3 is 11.9 Å². The number of benzene rings is 2. The molecule has 0 aliphatic rings. The minimum atomic E-state index is -4.50. The maximum atomic E-state index is 14.4. The Kier molecular flexibility index (Phi) is 6.19. The van der Waals surface area contributed by atoms with Crippen LogP contribution >= 0.6 is 11.6 Å². The van der Waals surface area contributed by atoms with Gasteiger partial charge in [0.1, 0.15) is 5.82 Å². The fraction of sp³-hybridized carbons (Fsp3) is 0.286. The van der Waals surface area contributed by atoms with Crippen LogP contribution in [-0.2, 0) is 12.7 Å². The van der Waals surface area contributed by atoms with Gasteiger partial charge in [-0.05, 0) is 36.4 Å². The van der Waals surface area contributed by atoms with Gasteiger partial charge < -0.3 is 5.73 Å². The molecule has 0 atom stereocenters. The van der Waals surface area contributed by atoms with Crippen LogP contribution in [-0.4, -0.2) is 20.6 Å². The van der Waals surface area contributed by atoms with Crippen LogP contribution in [0.5, 0.6) is 0 Å². The minimum Gasteiger partial charge on any atom is -0.387 e. The third-order valence-electron chi connectivity index (χ3n) is 4.64. The zero-order chi connectivity index (χ0) is 23.8. The number of nitrogens with one attached hydrogen (secondary N) is 1. The van der Waals surface area contributed by atoms with E-state index in [1.165, 1.54) is 6.07 Å². The summed E-state index contributed by atoms with van der Waals surface area (Å²) in [6, 6.07) is 6.40. The average molecular weight is 470 g/mol. The Morgan fingerprint density at radius 2 is 1.81 bits per heavy atom. The Morgan fingerprint density at radius 1 is 1.19 bits per heavy atom. The molecule has 0 spiro atoms. The zero-order valence-electron chi connectivity index (χ0n) is 17.4. The van der Waals surface area contributed by atoms with Crippen molar-refractivity contribution in [3.05, 3.63) is 68.8 Å². The van der Waals surface area contributed by atoms with Crippen LogP contribution in [0.3, 0.4) is 0 Å². The molecule has 0 amide bonds. The van der Waals surface area contributed by atoms with E-state index in [9.17, 15) is 22.4 Å². The Morgan fingerprint density at radius 3 is 2.38 bits per heavy atom. The lowest BCUT2D eigenvalue weighted by atomic mass is 9.95. The van der Waals surface area contributed by atoms with Gasteiger partial charge in [-0.2, -0.15) is 17.9 Å². The highest BCUT2D eigenvalue weighted by Crippen LogP contribution is 2.30. The second kappa shape index (κ2) is 8.42. The van der Waals surface area contributed by atoms with Gasteiger partial charge in [0.15, 0.2) is 5.82 Å². The summed E-state index contributed by atoms with van der Waals surface area (Å²) >= 11 is 6.15. The van der Waals surface area contributed by atoms with Gasteiger partial charge in [-0.1, -0.05) is 32.4 Å². The van der Waals surface area contributed by atoms with Crippen molar-refractivity contribution in [1.29, 1.82) is 0 Å². The number of aromatic amines is 1. The molecule has 3 rings (SSSR count). The summed E-state index contributed by atoms with van der Waals surface area (Å²) in [5.74, 6) is -0.240. The highest BCUT2D eigenvalue weighted by atomic mass is 35.5. The maximum absolute atomic E-state index is 14.4. The summed E-state index contributed by atoms with van der Waals surface area (Å²) in [7, 11) is 0. The predicted octanol–water partition coefficient (Wildman–Crippen LogP) is 4.94. The Labute approximate surface area is 185 Å². The highest BCUT2D eigenvalue weighted by Gasteiger charge is 2.30. The van der Waals surface area contributed by atoms with Gasteiger partial charge in [0, 0.05) is 16.5 Å². The smallest absolute Gasteiger partial charge is 0.387 e. The van der Waals surface area contributed by atoms with Crippen LogP contribution in [0, 0.1) is 11.2 Å². The topological polar surface area (TPSA) is 89.1 Å². The molecule has 1 aromatic heterocycles. The molecule has 0 aliphatic heterocycles. The maximum Gasteiger partial charge on any atom is 0.416 e. The van der Waals surface area contributed by atoms with E-state index in [2.05, 4.69) is 15.1 Å². The van der Waals surface area contributed by atoms with Gasteiger partial charge in [0.2, 0.25) is 0 Å². The van der Waals surface area contributed by atoms with Crippen molar-refractivity contribution in [3.63, 3.8) is 0 Å². The molecule has 2 aromatic carbocycles. The molecule has 0 fully saturated rings. The first-order valence-corrected chi connectivity index (χ1v) is 9.81. The fourth-order valence-corrected chi connectivity index (χ4v) is 2.96. The number of amidine groups is 1. The first-order chi connectivity index (χ1) is 14.8. The molecule has 0 unspecified atom stereocenters. The number of rotatable bonds is 4. The second-order valence-corrected chi connectivity index (χ2v) is 8.52. The van der Waals surface area contributed by atoms with Crippen molar-refractivity contribution in [2.75, 3.05) is 0 Å². The third-order valence-corrected chi connectivity index (χ3v) is 4.95. The van der Waals surface area contributed by atoms with E-state index in [4.69, 9.17) is 17.3 Å². The van der Waals surface area contributed by atoms with Crippen LogP contribution in [0.15, 0.2) is 46.2 Å². The molecule has 3 aromatic rings. The third kappa shape index (κ3) is 5.01. The molecule has 0 saturated carbocycles. The fourth-order valence-electron chi connectivity index (χ4n) is 2.72. The summed E-state index contributed by atoms with van der Waals surface area (Å²) in [5, 5.41) is 4.10. The quantitative estimate of drug-likeness (QED) is 0.322. The number of nitrogens with two attached hydrogens (primary N) is 1. The van der Waals surface area contributed by atoms with E-state index in [0.717, 1.165) is 35.0 Å². The van der Waals surface area contributed by atoms with E-state index < -0.39 is 28.7 Å². The van der Waals surface area contributed by atoms with Crippen molar-refractivity contribution in [2.24, 2.45) is 16.1 Å². The summed E-state index contributed by atoms with van der Waals surface area (Å²) in [6.45, 7) is 5.55. The van der Waals surface area contributed by atoms with Gasteiger partial charge in [-0.3, -0.25) is 9.98 Å². The van der Waals surface area contributed by atoms with E-state index in [1.807, 2.05) is 20.8 Å². The van der Waals surface area contributed by atoms with Crippen LogP contribution in [0.2, 0.25) is 5.02 Å². The van der Waals surface area contributed by atoms with E-state index in [-0.39, 0.29) is 34.2 Å². The summed E-state index contributed by atoms with van der Waals surface area (Å²) in [4.78, 5) is 19.1. The summed E-state index contributed by atoms with van der Waals surface area (Å²) in [5.41, 5.74) is 4.51. The normalized spacial score (nSPS) is 12.9. The molecule has 11 heteroatoms. The number of aliphatic imine (C=N–C) groups is 1. The Bertz CT molecular complexity index is 1220. The summed E-state index contributed by atoms with van der Waals surface area (Å²) < 4.78 is 53.6. The standard InChI is InChI=1S/C21H20ClF4N5O/c1-20(2,3)18(27)28-10-11-8-14(15(22)9-16(11)23)17-29-19(32)31(30-17)13-6-4-12(5-7-13)21(24,25)26/h4-9H,10H2,1-3H3,(H2,27,28)(H,29,30,32). The highest BCUT2D eigenvalue weighted by molar-refractivity contribution is 6.33. The van der Waals surface area contributed by atoms with Gasteiger partial charge in [0.25, 0.3) is 0 Å². The second-order valence-electron chi connectivity index (χ2n) is 8.11. The van der Waals surface area contributed by atoms with E-state index in [1.54, 1.807) is 0 Å². The van der Waals surface area contributed by atoms with E-state index >= 15 is 0 Å². The zero-order valence-corrected chi connectivity index (χ0v) is 18.1. The van der Waals surface area contributed by atoms with Crippen molar-refractivity contribution in [1.82, 2.24) is 14.8 Å². The molecule has 0 radical (unpaired) electrons. The first-order valence-electron chi connectivity index (χ1n) is 9.43. The molecule has 1 heterocycles. The average Bonchev–Trinajstić information content (AvgIpc) is 3.07. The number of H-pyrrole nitrogens is 1. The SMILES string of the molecule is CC(C)(C)C(N)=NCc1cc(-c2nn(-c3ccc(C(F)(F)F)cc3)c(=O)[nH]2)c(Cl)cc1F. The Hall–Kier alpha value is -3.14. The largest absolute Gasteiger partial charge is 0.416 e. The number of hydrogen-bond donors (Lipinski definition) is 2. The number of nitrogens with zero attached hydrogens (tertiary/aromatic N) is 3. The molecule has 0 aliphatic carbocycles. The molecular weight excluding hydrogens is 450 g/mol. The molecule has 0 saturated heterocycles. The lowest BCUT2D eigenvalue weighted by molar-refractivity contribution is -0.137. The number of hydrogen-bond acceptors (Lipinski definition) is 3. The van der Waals surface area contributed by atoms with Crippen molar-refractivity contribution in [2.45, 2.75) is 33.5 Å². The van der Waals surface area contributed by atoms with Crippen LogP contribution in [0.25, 0.3) is 17.1 Å². The minimum absolute atomic E-state index is 0.00709. The van der Waals surface area contributed by atoms with Gasteiger partial charge in [-0.25, -0.2) is 9.18 Å². The monoisotopic (exact) mass is 469 g/mol. The predicted molar refractivity (Wildman–Crippen MR) is 114 cm³/mol. The molecular formula is C21H20ClF4N5O. The number of alkyl halides is 3. The lowest BCUT2D eigenvalue weighted by Crippen LogP contribution is -2.29. The first kappa shape index (κ1) is 23.5. The molecule has 6 nitrogen and oxygen atoms in total. The molecule has 170 valence electrons. The number of halogens is 5. The van der Waals surface area contributed by atoms with Crippen molar-refractivity contribution >= 4 is 17.4 Å². The van der Waals surface area contributed by atoms with Crippen LogP contribution < -0.4 is 11.4 Å². The Balaban J connectivity index is 1.98. The molecule has 0 bridgehead atoms. The molecule has 3 N–H and O–H groups in total. The van der Waals surface area contributed by atoms with Gasteiger partial charge in [0.05, 0.1) is 28.7 Å². The molecule has 32 heavy (non-hydrogen) atoms. The van der Waals surface area contributed by atoms with E-state index in [0.29, 0.717) is 5.84 Å². The van der Waals surface area contributed by atoms with Crippen molar-refractivity contribution < 1.29 is 17.6 Å². The van der Waals surface area contributed by atoms with Crippen molar-refractivity contribution in [3.8, 4) is 17.1 Å². The summed E-state index contributed by atoms with van der Waals surface area (Å²) in [6.07, 6.45) is -4.50. The lowest BCUT2D eigenvalue weighted by Gasteiger charge is -2.17. The van der Waals surface area contributed by atoms with Gasteiger partial charge in [-0.15, -0.1) is 5.10 Å². The number of aromatic nitrogens is 3. The van der Waals surface area contributed by atoms with Crippen LogP contribution in [0.1, 0.15) is 31.9 Å².